The molecule has 206 valence electrons. The molecule has 0 unspecified atom stereocenters. The summed E-state index contributed by atoms with van der Waals surface area (Å²) in [5, 5.41) is 5.02. The van der Waals surface area contributed by atoms with Crippen molar-refractivity contribution in [1.82, 2.24) is 9.13 Å². The van der Waals surface area contributed by atoms with Crippen LogP contribution in [0.4, 0.5) is 0 Å². The highest BCUT2D eigenvalue weighted by atomic mass is 15.0. The van der Waals surface area contributed by atoms with E-state index in [0.29, 0.717) is 0 Å². The van der Waals surface area contributed by atoms with E-state index in [9.17, 15) is 0 Å². The number of fused-ring (bicyclic) bond motifs is 6. The Morgan fingerprint density at radius 1 is 0.295 bits per heavy atom. The van der Waals surface area contributed by atoms with E-state index in [2.05, 4.69) is 179 Å². The molecular formula is C42H28N2. The van der Waals surface area contributed by atoms with Crippen LogP contribution >= 0.6 is 0 Å². The van der Waals surface area contributed by atoms with Crippen LogP contribution in [0.25, 0.3) is 77.2 Å². The van der Waals surface area contributed by atoms with Crippen LogP contribution in [0.2, 0.25) is 0 Å². The quantitative estimate of drug-likeness (QED) is 0.203. The van der Waals surface area contributed by atoms with E-state index in [1.807, 2.05) is 0 Å². The minimum absolute atomic E-state index is 1.16. The number of hydrogen-bond donors (Lipinski definition) is 0. The fourth-order valence-electron chi connectivity index (χ4n) is 7.03. The zero-order chi connectivity index (χ0) is 29.0. The van der Waals surface area contributed by atoms with Crippen LogP contribution in [0, 0.1) is 0 Å². The van der Waals surface area contributed by atoms with E-state index in [1.165, 1.54) is 65.9 Å². The number of rotatable bonds is 4. The first-order valence-corrected chi connectivity index (χ1v) is 15.1. The lowest BCUT2D eigenvalue weighted by Gasteiger charge is -2.16. The van der Waals surface area contributed by atoms with E-state index >= 15 is 0 Å². The molecule has 0 bridgehead atoms. The Labute approximate surface area is 255 Å². The monoisotopic (exact) mass is 560 g/mol. The summed E-state index contributed by atoms with van der Waals surface area (Å²) in [4.78, 5) is 0. The maximum Gasteiger partial charge on any atom is 0.0619 e. The maximum absolute atomic E-state index is 2.44. The van der Waals surface area contributed by atoms with Crippen LogP contribution in [0.3, 0.4) is 0 Å². The first-order chi connectivity index (χ1) is 21.9. The smallest absolute Gasteiger partial charge is 0.0619 e. The van der Waals surface area contributed by atoms with Gasteiger partial charge in [-0.1, -0.05) is 121 Å². The SMILES string of the molecule is c1ccc(-c2cc3c(cc2-c2cccc4c5ccccc5n(-c5ccccc5)c24)c2ccccc2n3-c2ccccc2)cc1. The predicted molar refractivity (Wildman–Crippen MR) is 186 cm³/mol. The third kappa shape index (κ3) is 3.68. The van der Waals surface area contributed by atoms with Gasteiger partial charge in [0.25, 0.3) is 0 Å². The second-order valence-corrected chi connectivity index (χ2v) is 11.4. The average Bonchev–Trinajstić information content (AvgIpc) is 3.61. The van der Waals surface area contributed by atoms with E-state index in [0.717, 1.165) is 11.4 Å². The van der Waals surface area contributed by atoms with Crippen molar-refractivity contribution < 1.29 is 0 Å². The number of para-hydroxylation sites is 5. The minimum atomic E-state index is 1.16. The number of aromatic nitrogens is 2. The molecule has 0 spiro atoms. The van der Waals surface area contributed by atoms with Crippen LogP contribution < -0.4 is 0 Å². The first-order valence-electron chi connectivity index (χ1n) is 15.1. The molecule has 9 rings (SSSR count). The van der Waals surface area contributed by atoms with Gasteiger partial charge in [-0.15, -0.1) is 0 Å². The molecule has 0 saturated heterocycles. The van der Waals surface area contributed by atoms with Crippen LogP contribution in [-0.2, 0) is 0 Å². The zero-order valence-electron chi connectivity index (χ0n) is 24.1. The summed E-state index contributed by atoms with van der Waals surface area (Å²) in [6, 6.07) is 61.4. The third-order valence-electron chi connectivity index (χ3n) is 8.91. The van der Waals surface area contributed by atoms with Gasteiger partial charge in [0.1, 0.15) is 0 Å². The van der Waals surface area contributed by atoms with E-state index in [-0.39, 0.29) is 0 Å². The summed E-state index contributed by atoms with van der Waals surface area (Å²) in [7, 11) is 0. The summed E-state index contributed by atoms with van der Waals surface area (Å²) in [6.45, 7) is 0. The van der Waals surface area contributed by atoms with Crippen LogP contribution in [0.1, 0.15) is 0 Å². The molecule has 0 aliphatic carbocycles. The minimum Gasteiger partial charge on any atom is -0.309 e. The molecule has 0 radical (unpaired) electrons. The van der Waals surface area contributed by atoms with Gasteiger partial charge in [0.2, 0.25) is 0 Å². The molecule has 0 aliphatic rings. The maximum atomic E-state index is 2.44. The molecule has 0 amide bonds. The van der Waals surface area contributed by atoms with Crippen molar-refractivity contribution in [2.75, 3.05) is 0 Å². The summed E-state index contributed by atoms with van der Waals surface area (Å²) < 4.78 is 4.84. The van der Waals surface area contributed by atoms with Gasteiger partial charge < -0.3 is 9.13 Å². The second kappa shape index (κ2) is 9.86. The highest BCUT2D eigenvalue weighted by molar-refractivity contribution is 6.17. The molecule has 0 N–H and O–H groups in total. The zero-order valence-corrected chi connectivity index (χ0v) is 24.1. The van der Waals surface area contributed by atoms with Crippen molar-refractivity contribution in [3.05, 3.63) is 170 Å². The van der Waals surface area contributed by atoms with Gasteiger partial charge in [-0.25, -0.2) is 0 Å². The Morgan fingerprint density at radius 3 is 1.50 bits per heavy atom. The lowest BCUT2D eigenvalue weighted by molar-refractivity contribution is 1.18. The molecule has 9 aromatic rings. The Kier molecular flexibility index (Phi) is 5.54. The lowest BCUT2D eigenvalue weighted by atomic mass is 9.91. The summed E-state index contributed by atoms with van der Waals surface area (Å²) >= 11 is 0. The van der Waals surface area contributed by atoms with Gasteiger partial charge in [0.05, 0.1) is 22.1 Å². The fourth-order valence-corrected chi connectivity index (χ4v) is 7.03. The summed E-state index contributed by atoms with van der Waals surface area (Å²) in [6.07, 6.45) is 0. The second-order valence-electron chi connectivity index (χ2n) is 11.4. The lowest BCUT2D eigenvalue weighted by Crippen LogP contribution is -1.97. The number of hydrogen-bond acceptors (Lipinski definition) is 0. The van der Waals surface area contributed by atoms with Gasteiger partial charge in [-0.05, 0) is 65.2 Å². The Balaban J connectivity index is 1.46. The highest BCUT2D eigenvalue weighted by Crippen LogP contribution is 2.44. The Morgan fingerprint density at radius 2 is 0.818 bits per heavy atom. The first kappa shape index (κ1) is 24.7. The van der Waals surface area contributed by atoms with Crippen molar-refractivity contribution in [2.24, 2.45) is 0 Å². The van der Waals surface area contributed by atoms with Gasteiger partial charge >= 0.3 is 0 Å². The third-order valence-corrected chi connectivity index (χ3v) is 8.91. The molecule has 2 heterocycles. The van der Waals surface area contributed by atoms with Gasteiger partial charge in [0, 0.05) is 38.5 Å². The van der Waals surface area contributed by atoms with Crippen molar-refractivity contribution in [2.45, 2.75) is 0 Å². The molecule has 7 aromatic carbocycles. The molecule has 2 aromatic heterocycles. The number of nitrogens with zero attached hydrogens (tertiary/aromatic N) is 2. The van der Waals surface area contributed by atoms with Crippen LogP contribution in [-0.4, -0.2) is 9.13 Å². The topological polar surface area (TPSA) is 9.86 Å². The van der Waals surface area contributed by atoms with Crippen LogP contribution in [0.5, 0.6) is 0 Å². The van der Waals surface area contributed by atoms with E-state index in [4.69, 9.17) is 0 Å². The summed E-state index contributed by atoms with van der Waals surface area (Å²) in [5.74, 6) is 0. The molecule has 2 heteroatoms. The highest BCUT2D eigenvalue weighted by Gasteiger charge is 2.21. The van der Waals surface area contributed by atoms with Gasteiger partial charge in [-0.3, -0.25) is 0 Å². The van der Waals surface area contributed by atoms with Crippen molar-refractivity contribution in [3.8, 4) is 33.6 Å². The van der Waals surface area contributed by atoms with Gasteiger partial charge in [-0.2, -0.15) is 0 Å². The average molecular weight is 561 g/mol. The van der Waals surface area contributed by atoms with Crippen molar-refractivity contribution in [3.63, 3.8) is 0 Å². The Bertz CT molecular complexity index is 2470. The molecule has 0 saturated carbocycles. The standard InChI is InChI=1S/C42H28N2/c1-4-15-29(16-5-1)36-28-41-38(33-22-11-12-25-39(33)43(41)30-17-6-2-7-18-30)27-37(36)35-24-14-23-34-32-21-10-13-26-40(32)44(42(34)35)31-19-8-3-9-20-31/h1-28H. The van der Waals surface area contributed by atoms with E-state index < -0.39 is 0 Å². The molecule has 2 nitrogen and oxygen atoms in total. The molecule has 0 fully saturated rings. The Hall–Kier alpha value is -5.86. The van der Waals surface area contributed by atoms with E-state index in [1.54, 1.807) is 0 Å². The molecule has 0 atom stereocenters. The van der Waals surface area contributed by atoms with Gasteiger partial charge in [0.15, 0.2) is 0 Å². The fraction of sp³-hybridized carbons (Fsp3) is 0. The van der Waals surface area contributed by atoms with Crippen molar-refractivity contribution in [1.29, 1.82) is 0 Å². The summed E-state index contributed by atoms with van der Waals surface area (Å²) in [5.41, 5.74) is 12.0. The van der Waals surface area contributed by atoms with Crippen molar-refractivity contribution >= 4 is 43.6 Å². The molecule has 0 aliphatic heterocycles. The molecule has 44 heavy (non-hydrogen) atoms. The largest absolute Gasteiger partial charge is 0.309 e. The predicted octanol–water partition coefficient (Wildman–Crippen LogP) is 11.2. The van der Waals surface area contributed by atoms with Crippen LogP contribution in [0.15, 0.2) is 170 Å². The normalized spacial score (nSPS) is 11.6. The number of benzene rings is 7. The molecular weight excluding hydrogens is 532 g/mol.